The van der Waals surface area contributed by atoms with Crippen LogP contribution in [0.25, 0.3) is 0 Å². The van der Waals surface area contributed by atoms with Gasteiger partial charge in [-0.05, 0) is 37.6 Å². The molecular formula is C15H19FN2S. The van der Waals surface area contributed by atoms with Crippen molar-refractivity contribution in [2.45, 2.75) is 32.7 Å². The largest absolute Gasteiger partial charge is 0.309 e. The van der Waals surface area contributed by atoms with Gasteiger partial charge in [0.1, 0.15) is 5.82 Å². The fourth-order valence-corrected chi connectivity index (χ4v) is 2.77. The van der Waals surface area contributed by atoms with Crippen molar-refractivity contribution in [2.75, 3.05) is 6.54 Å². The normalized spacial score (nSPS) is 12.6. The molecule has 1 aromatic carbocycles. The second kappa shape index (κ2) is 6.78. The van der Waals surface area contributed by atoms with Crippen LogP contribution in [0.1, 0.15) is 42.6 Å². The summed E-state index contributed by atoms with van der Waals surface area (Å²) in [5, 5.41) is 6.61. The van der Waals surface area contributed by atoms with Crippen LogP contribution in [0.15, 0.2) is 29.6 Å². The minimum Gasteiger partial charge on any atom is -0.309 e. The number of aromatic nitrogens is 1. The molecule has 19 heavy (non-hydrogen) atoms. The van der Waals surface area contributed by atoms with Crippen LogP contribution in [0, 0.1) is 5.82 Å². The van der Waals surface area contributed by atoms with E-state index in [1.165, 1.54) is 12.1 Å². The molecule has 2 nitrogen and oxygen atoms in total. The van der Waals surface area contributed by atoms with Crippen LogP contribution >= 0.6 is 11.3 Å². The highest BCUT2D eigenvalue weighted by atomic mass is 32.1. The quantitative estimate of drug-likeness (QED) is 0.866. The molecule has 0 saturated heterocycles. The first-order valence-corrected chi connectivity index (χ1v) is 7.49. The van der Waals surface area contributed by atoms with E-state index in [0.29, 0.717) is 0 Å². The molecule has 0 fully saturated rings. The molecule has 2 rings (SSSR count). The van der Waals surface area contributed by atoms with Gasteiger partial charge in [-0.2, -0.15) is 0 Å². The molecule has 4 heteroatoms. The SMILES string of the molecule is CCCNC(C)c1csc(Cc2ccc(F)cc2)n1. The van der Waals surface area contributed by atoms with Crippen molar-refractivity contribution in [1.82, 2.24) is 10.3 Å². The highest BCUT2D eigenvalue weighted by molar-refractivity contribution is 7.09. The molecule has 2 aromatic rings. The lowest BCUT2D eigenvalue weighted by Gasteiger charge is -2.09. The van der Waals surface area contributed by atoms with E-state index in [9.17, 15) is 4.39 Å². The van der Waals surface area contributed by atoms with Gasteiger partial charge in [0.05, 0.1) is 10.7 Å². The number of nitrogens with zero attached hydrogens (tertiary/aromatic N) is 1. The summed E-state index contributed by atoms with van der Waals surface area (Å²) in [7, 11) is 0. The second-order valence-electron chi connectivity index (χ2n) is 4.65. The Labute approximate surface area is 117 Å². The summed E-state index contributed by atoms with van der Waals surface area (Å²) in [6.07, 6.45) is 1.89. The van der Waals surface area contributed by atoms with E-state index in [-0.39, 0.29) is 11.9 Å². The summed E-state index contributed by atoms with van der Waals surface area (Å²) in [5.41, 5.74) is 2.19. The highest BCUT2D eigenvalue weighted by Crippen LogP contribution is 2.19. The number of halogens is 1. The van der Waals surface area contributed by atoms with Crippen LogP contribution < -0.4 is 5.32 Å². The van der Waals surface area contributed by atoms with E-state index in [1.807, 2.05) is 12.1 Å². The Bertz CT molecular complexity index is 507. The Morgan fingerprint density at radius 3 is 2.74 bits per heavy atom. The Morgan fingerprint density at radius 2 is 2.05 bits per heavy atom. The van der Waals surface area contributed by atoms with Gasteiger partial charge in [0.15, 0.2) is 0 Å². The van der Waals surface area contributed by atoms with Gasteiger partial charge in [0, 0.05) is 17.8 Å². The summed E-state index contributed by atoms with van der Waals surface area (Å²) in [4.78, 5) is 4.64. The maximum atomic E-state index is 12.8. The zero-order valence-electron chi connectivity index (χ0n) is 11.3. The third-order valence-electron chi connectivity index (χ3n) is 2.98. The van der Waals surface area contributed by atoms with Crippen LogP contribution in [0.5, 0.6) is 0 Å². The first-order valence-electron chi connectivity index (χ1n) is 6.61. The van der Waals surface area contributed by atoms with Crippen molar-refractivity contribution in [1.29, 1.82) is 0 Å². The van der Waals surface area contributed by atoms with Crippen molar-refractivity contribution in [3.05, 3.63) is 51.7 Å². The molecule has 1 atom stereocenters. The first-order chi connectivity index (χ1) is 9.19. The molecule has 0 aliphatic carbocycles. The average molecular weight is 278 g/mol. The predicted octanol–water partition coefficient (Wildman–Crippen LogP) is 3.93. The Kier molecular flexibility index (Phi) is 5.05. The van der Waals surface area contributed by atoms with Gasteiger partial charge in [0.2, 0.25) is 0 Å². The monoisotopic (exact) mass is 278 g/mol. The average Bonchev–Trinajstić information content (AvgIpc) is 2.87. The molecule has 1 aromatic heterocycles. The van der Waals surface area contributed by atoms with Gasteiger partial charge in [-0.3, -0.25) is 0 Å². The summed E-state index contributed by atoms with van der Waals surface area (Å²) < 4.78 is 12.8. The molecule has 0 saturated carbocycles. The molecule has 0 aliphatic heterocycles. The van der Waals surface area contributed by atoms with Gasteiger partial charge in [0.25, 0.3) is 0 Å². The van der Waals surface area contributed by atoms with E-state index in [4.69, 9.17) is 0 Å². The predicted molar refractivity (Wildman–Crippen MR) is 78.0 cm³/mol. The van der Waals surface area contributed by atoms with Crippen molar-refractivity contribution in [3.8, 4) is 0 Å². The summed E-state index contributed by atoms with van der Waals surface area (Å²) in [6.45, 7) is 5.29. The summed E-state index contributed by atoms with van der Waals surface area (Å²) >= 11 is 1.67. The van der Waals surface area contributed by atoms with Gasteiger partial charge in [-0.25, -0.2) is 9.37 Å². The van der Waals surface area contributed by atoms with Gasteiger partial charge >= 0.3 is 0 Å². The van der Waals surface area contributed by atoms with Crippen molar-refractivity contribution >= 4 is 11.3 Å². The van der Waals surface area contributed by atoms with E-state index in [0.717, 1.165) is 35.7 Å². The van der Waals surface area contributed by atoms with E-state index in [1.54, 1.807) is 11.3 Å². The maximum absolute atomic E-state index is 12.8. The molecule has 0 aliphatic rings. The highest BCUT2D eigenvalue weighted by Gasteiger charge is 2.09. The fraction of sp³-hybridized carbons (Fsp3) is 0.400. The Morgan fingerprint density at radius 1 is 1.32 bits per heavy atom. The number of benzene rings is 1. The fourth-order valence-electron chi connectivity index (χ4n) is 1.85. The first kappa shape index (κ1) is 14.2. The standard InChI is InChI=1S/C15H19FN2S/c1-3-8-17-11(2)14-10-19-15(18-14)9-12-4-6-13(16)7-5-12/h4-7,10-11,17H,3,8-9H2,1-2H3. The lowest BCUT2D eigenvalue weighted by Crippen LogP contribution is -2.19. The van der Waals surface area contributed by atoms with Crippen LogP contribution in [0.3, 0.4) is 0 Å². The number of thiazole rings is 1. The molecule has 0 amide bonds. The Hall–Kier alpha value is -1.26. The molecule has 102 valence electrons. The van der Waals surface area contributed by atoms with Gasteiger partial charge < -0.3 is 5.32 Å². The van der Waals surface area contributed by atoms with Crippen LogP contribution in [-0.2, 0) is 6.42 Å². The second-order valence-corrected chi connectivity index (χ2v) is 5.59. The smallest absolute Gasteiger partial charge is 0.123 e. The van der Waals surface area contributed by atoms with Crippen LogP contribution in [-0.4, -0.2) is 11.5 Å². The van der Waals surface area contributed by atoms with Crippen molar-refractivity contribution < 1.29 is 4.39 Å². The van der Waals surface area contributed by atoms with Crippen LogP contribution in [0.2, 0.25) is 0 Å². The molecule has 0 bridgehead atoms. The van der Waals surface area contributed by atoms with E-state index >= 15 is 0 Å². The van der Waals surface area contributed by atoms with Crippen molar-refractivity contribution in [2.24, 2.45) is 0 Å². The van der Waals surface area contributed by atoms with Gasteiger partial charge in [-0.1, -0.05) is 19.1 Å². The maximum Gasteiger partial charge on any atom is 0.123 e. The zero-order chi connectivity index (χ0) is 13.7. The lowest BCUT2D eigenvalue weighted by atomic mass is 10.1. The number of nitrogens with one attached hydrogen (secondary N) is 1. The Balaban J connectivity index is 1.98. The molecular weight excluding hydrogens is 259 g/mol. The molecule has 1 N–H and O–H groups in total. The number of hydrogen-bond acceptors (Lipinski definition) is 3. The minimum absolute atomic E-state index is 0.194. The minimum atomic E-state index is -0.194. The third kappa shape index (κ3) is 4.11. The van der Waals surface area contributed by atoms with E-state index < -0.39 is 0 Å². The zero-order valence-corrected chi connectivity index (χ0v) is 12.1. The van der Waals surface area contributed by atoms with Crippen molar-refractivity contribution in [3.63, 3.8) is 0 Å². The van der Waals surface area contributed by atoms with Crippen LogP contribution in [0.4, 0.5) is 4.39 Å². The lowest BCUT2D eigenvalue weighted by molar-refractivity contribution is 0.560. The molecule has 0 radical (unpaired) electrons. The third-order valence-corrected chi connectivity index (χ3v) is 3.85. The molecule has 0 spiro atoms. The summed E-state index contributed by atoms with van der Waals surface area (Å²) in [6, 6.07) is 6.91. The molecule has 1 unspecified atom stereocenters. The van der Waals surface area contributed by atoms with E-state index in [2.05, 4.69) is 29.5 Å². The number of hydrogen-bond donors (Lipinski definition) is 1. The van der Waals surface area contributed by atoms with Gasteiger partial charge in [-0.15, -0.1) is 11.3 Å². The summed E-state index contributed by atoms with van der Waals surface area (Å²) in [5.74, 6) is -0.194. The topological polar surface area (TPSA) is 24.9 Å². The number of rotatable bonds is 6. The molecule has 1 heterocycles.